The first-order chi connectivity index (χ1) is 13.7. The van der Waals surface area contributed by atoms with Gasteiger partial charge < -0.3 is 9.84 Å². The molecule has 0 aliphatic heterocycles. The number of ether oxygens (including phenoxy) is 1. The quantitative estimate of drug-likeness (QED) is 0.336. The minimum Gasteiger partial charge on any atom is -0.507 e. The van der Waals surface area contributed by atoms with Crippen LogP contribution in [-0.4, -0.2) is 38.9 Å². The second-order valence-electron chi connectivity index (χ2n) is 7.81. The van der Waals surface area contributed by atoms with Gasteiger partial charge in [-0.1, -0.05) is 43.5 Å². The fourth-order valence-corrected chi connectivity index (χ4v) is 4.20. The van der Waals surface area contributed by atoms with E-state index in [1.807, 2.05) is 12.1 Å². The third-order valence-electron chi connectivity index (χ3n) is 5.22. The van der Waals surface area contributed by atoms with E-state index in [0.29, 0.717) is 6.42 Å². The Morgan fingerprint density at radius 2 is 2.07 bits per heavy atom. The molecule has 1 aliphatic carbocycles. The number of carbonyl (C=O) groups excluding carboxylic acids is 1. The summed E-state index contributed by atoms with van der Waals surface area (Å²) in [6.45, 7) is 4.11. The lowest BCUT2D eigenvalue weighted by Crippen LogP contribution is -2.27. The van der Waals surface area contributed by atoms with Gasteiger partial charge in [0.05, 0.1) is 6.26 Å². The SMILES string of the molecule is CCCCCc1ccc([C@@H]2C=C(C)CCC2)c(O)c1C(=O)OCCNS(C)(=O)=O. The predicted octanol–water partition coefficient (Wildman–Crippen LogP) is 4.04. The summed E-state index contributed by atoms with van der Waals surface area (Å²) in [4.78, 5) is 12.8. The minimum atomic E-state index is -3.34. The number of allylic oxidation sites excluding steroid dienone is 2. The molecule has 1 aliphatic rings. The molecule has 0 fully saturated rings. The maximum absolute atomic E-state index is 12.8. The van der Waals surface area contributed by atoms with Gasteiger partial charge in [0, 0.05) is 18.0 Å². The van der Waals surface area contributed by atoms with Crippen LogP contribution in [0.4, 0.5) is 0 Å². The van der Waals surface area contributed by atoms with Crippen LogP contribution in [0.2, 0.25) is 0 Å². The molecule has 2 N–H and O–H groups in total. The van der Waals surface area contributed by atoms with E-state index in [1.54, 1.807) is 0 Å². The summed E-state index contributed by atoms with van der Waals surface area (Å²) >= 11 is 0. The van der Waals surface area contributed by atoms with Crippen molar-refractivity contribution in [2.24, 2.45) is 0 Å². The normalized spacial score (nSPS) is 17.1. The van der Waals surface area contributed by atoms with Gasteiger partial charge in [-0.2, -0.15) is 0 Å². The Labute approximate surface area is 174 Å². The van der Waals surface area contributed by atoms with E-state index in [1.165, 1.54) is 5.57 Å². The summed E-state index contributed by atoms with van der Waals surface area (Å²) in [5, 5.41) is 11.0. The molecule has 1 atom stereocenters. The van der Waals surface area contributed by atoms with Crippen molar-refractivity contribution in [3.8, 4) is 5.75 Å². The van der Waals surface area contributed by atoms with E-state index in [0.717, 1.165) is 55.9 Å². The lowest BCUT2D eigenvalue weighted by molar-refractivity contribution is 0.0508. The fraction of sp³-hybridized carbons (Fsp3) is 0.591. The zero-order chi connectivity index (χ0) is 21.4. The lowest BCUT2D eigenvalue weighted by Gasteiger charge is -2.22. The average molecular weight is 424 g/mol. The molecule has 0 radical (unpaired) electrons. The van der Waals surface area contributed by atoms with Crippen LogP contribution < -0.4 is 4.72 Å². The number of benzene rings is 1. The third kappa shape index (κ3) is 7.16. The van der Waals surface area contributed by atoms with Gasteiger partial charge in [-0.3, -0.25) is 0 Å². The minimum absolute atomic E-state index is 0.000746. The van der Waals surface area contributed by atoms with Crippen LogP contribution in [-0.2, 0) is 21.2 Å². The number of unbranched alkanes of at least 4 members (excludes halogenated alkanes) is 2. The van der Waals surface area contributed by atoms with Crippen LogP contribution >= 0.6 is 0 Å². The zero-order valence-electron chi connectivity index (χ0n) is 17.7. The molecule has 1 aromatic carbocycles. The molecule has 1 aromatic rings. The third-order valence-corrected chi connectivity index (χ3v) is 5.95. The van der Waals surface area contributed by atoms with E-state index in [9.17, 15) is 18.3 Å². The van der Waals surface area contributed by atoms with Crippen molar-refractivity contribution in [1.29, 1.82) is 0 Å². The molecule has 0 aromatic heterocycles. The largest absolute Gasteiger partial charge is 0.507 e. The van der Waals surface area contributed by atoms with E-state index in [-0.39, 0.29) is 30.4 Å². The zero-order valence-corrected chi connectivity index (χ0v) is 18.5. The van der Waals surface area contributed by atoms with Crippen LogP contribution in [0.15, 0.2) is 23.8 Å². The molecule has 2 rings (SSSR count). The molecule has 0 bridgehead atoms. The first-order valence-corrected chi connectivity index (χ1v) is 12.3. The maximum atomic E-state index is 12.8. The van der Waals surface area contributed by atoms with Crippen molar-refractivity contribution in [2.75, 3.05) is 19.4 Å². The molecule has 0 heterocycles. The van der Waals surface area contributed by atoms with Crippen LogP contribution in [0.1, 0.15) is 79.8 Å². The Morgan fingerprint density at radius 1 is 1.31 bits per heavy atom. The van der Waals surface area contributed by atoms with Crippen molar-refractivity contribution in [2.45, 2.75) is 64.7 Å². The summed E-state index contributed by atoms with van der Waals surface area (Å²) in [6.07, 6.45) is 9.99. The fourth-order valence-electron chi connectivity index (χ4n) is 3.75. The molecule has 162 valence electrons. The highest BCUT2D eigenvalue weighted by molar-refractivity contribution is 7.88. The topological polar surface area (TPSA) is 92.7 Å². The van der Waals surface area contributed by atoms with Crippen LogP contribution in [0.3, 0.4) is 0 Å². The van der Waals surface area contributed by atoms with Crippen molar-refractivity contribution in [3.05, 3.63) is 40.5 Å². The number of phenolic OH excluding ortho intramolecular Hbond substituents is 1. The molecule has 7 heteroatoms. The van der Waals surface area contributed by atoms with Gasteiger partial charge in [0.2, 0.25) is 10.0 Å². The summed E-state index contributed by atoms with van der Waals surface area (Å²) in [6, 6.07) is 3.85. The highest BCUT2D eigenvalue weighted by atomic mass is 32.2. The number of carbonyl (C=O) groups is 1. The van der Waals surface area contributed by atoms with Gasteiger partial charge in [0.25, 0.3) is 0 Å². The van der Waals surface area contributed by atoms with E-state index >= 15 is 0 Å². The lowest BCUT2D eigenvalue weighted by atomic mass is 9.84. The first-order valence-electron chi connectivity index (χ1n) is 10.4. The summed E-state index contributed by atoms with van der Waals surface area (Å²) in [7, 11) is -3.34. The number of rotatable bonds is 10. The van der Waals surface area contributed by atoms with Gasteiger partial charge in [-0.15, -0.1) is 0 Å². The van der Waals surface area contributed by atoms with Crippen LogP contribution in [0.5, 0.6) is 5.75 Å². The number of hydrogen-bond acceptors (Lipinski definition) is 5. The molecule has 0 amide bonds. The van der Waals surface area contributed by atoms with Crippen molar-refractivity contribution >= 4 is 16.0 Å². The number of aromatic hydroxyl groups is 1. The Balaban J connectivity index is 2.25. The maximum Gasteiger partial charge on any atom is 0.342 e. The van der Waals surface area contributed by atoms with Crippen molar-refractivity contribution in [3.63, 3.8) is 0 Å². The highest BCUT2D eigenvalue weighted by Gasteiger charge is 2.25. The molecule has 6 nitrogen and oxygen atoms in total. The standard InChI is InChI=1S/C22H33NO5S/c1-4-5-6-9-17-11-12-19(18-10-7-8-16(2)15-18)21(24)20(17)22(25)28-14-13-23-29(3,26)27/h11-12,15,18,23-24H,4-10,13-14H2,1-3H3/t18-/m0/s1. The monoisotopic (exact) mass is 423 g/mol. The molecule has 0 spiro atoms. The molecule has 0 unspecified atom stereocenters. The predicted molar refractivity (Wildman–Crippen MR) is 115 cm³/mol. The Morgan fingerprint density at radius 3 is 2.72 bits per heavy atom. The highest BCUT2D eigenvalue weighted by Crippen LogP contribution is 2.38. The Kier molecular flexibility index (Phi) is 8.71. The van der Waals surface area contributed by atoms with Crippen LogP contribution in [0, 0.1) is 0 Å². The summed E-state index contributed by atoms with van der Waals surface area (Å²) < 4.78 is 29.9. The van der Waals surface area contributed by atoms with Crippen LogP contribution in [0.25, 0.3) is 0 Å². The number of phenols is 1. The Bertz CT molecular complexity index is 845. The van der Waals surface area contributed by atoms with Gasteiger partial charge in [0.1, 0.15) is 17.9 Å². The number of sulfonamides is 1. The molecular weight excluding hydrogens is 390 g/mol. The molecular formula is C22H33NO5S. The summed E-state index contributed by atoms with van der Waals surface area (Å²) in [5.41, 5.74) is 3.04. The van der Waals surface area contributed by atoms with Gasteiger partial charge in [-0.05, 0) is 44.6 Å². The average Bonchev–Trinajstić information content (AvgIpc) is 2.64. The van der Waals surface area contributed by atoms with E-state index in [4.69, 9.17) is 4.74 Å². The molecule has 0 saturated heterocycles. The number of aryl methyl sites for hydroxylation is 1. The number of esters is 1. The molecule has 29 heavy (non-hydrogen) atoms. The Hall–Kier alpha value is -1.86. The number of hydrogen-bond donors (Lipinski definition) is 2. The second-order valence-corrected chi connectivity index (χ2v) is 9.64. The van der Waals surface area contributed by atoms with E-state index in [2.05, 4.69) is 24.6 Å². The number of nitrogens with one attached hydrogen (secondary N) is 1. The van der Waals surface area contributed by atoms with Gasteiger partial charge >= 0.3 is 5.97 Å². The van der Waals surface area contributed by atoms with Crippen molar-refractivity contribution < 1.29 is 23.1 Å². The van der Waals surface area contributed by atoms with Crippen molar-refractivity contribution in [1.82, 2.24) is 4.72 Å². The smallest absolute Gasteiger partial charge is 0.342 e. The molecule has 0 saturated carbocycles. The van der Waals surface area contributed by atoms with Gasteiger partial charge in [-0.25, -0.2) is 17.9 Å². The second kappa shape index (κ2) is 10.8. The summed E-state index contributed by atoms with van der Waals surface area (Å²) in [5.74, 6) is -0.523. The van der Waals surface area contributed by atoms with E-state index < -0.39 is 16.0 Å². The van der Waals surface area contributed by atoms with Gasteiger partial charge in [0.15, 0.2) is 0 Å². The first kappa shape index (κ1) is 23.4.